The molecule has 0 radical (unpaired) electrons. The number of benzene rings is 2. The Morgan fingerprint density at radius 2 is 1.88 bits per heavy atom. The molecule has 1 N–H and O–H groups in total. The average Bonchev–Trinajstić information content (AvgIpc) is 3.10. The normalized spacial score (nSPS) is 23.9. The van der Waals surface area contributed by atoms with Crippen LogP contribution in [-0.2, 0) is 0 Å². The van der Waals surface area contributed by atoms with E-state index in [4.69, 9.17) is 0 Å². The first kappa shape index (κ1) is 15.9. The van der Waals surface area contributed by atoms with E-state index in [0.717, 1.165) is 17.7 Å². The lowest BCUT2D eigenvalue weighted by Gasteiger charge is -2.38. The highest BCUT2D eigenvalue weighted by atomic mass is 16.6. The van der Waals surface area contributed by atoms with Gasteiger partial charge in [-0.25, -0.2) is 0 Å². The van der Waals surface area contributed by atoms with Crippen molar-refractivity contribution in [2.75, 3.05) is 5.32 Å². The topological polar surface area (TPSA) is 55.2 Å². The van der Waals surface area contributed by atoms with Gasteiger partial charge < -0.3 is 5.32 Å². The third-order valence-electron chi connectivity index (χ3n) is 5.52. The third kappa shape index (κ3) is 2.53. The summed E-state index contributed by atoms with van der Waals surface area (Å²) in [5.74, 6) is 1.03. The van der Waals surface area contributed by atoms with Crippen LogP contribution in [0.2, 0.25) is 0 Å². The Morgan fingerprint density at radius 1 is 1.12 bits per heavy atom. The molecule has 4 nitrogen and oxygen atoms in total. The van der Waals surface area contributed by atoms with Gasteiger partial charge in [-0.3, -0.25) is 10.1 Å². The molecule has 0 fully saturated rings. The van der Waals surface area contributed by atoms with E-state index in [1.807, 2.05) is 12.1 Å². The van der Waals surface area contributed by atoms with Gasteiger partial charge in [0, 0.05) is 17.7 Å². The zero-order valence-electron chi connectivity index (χ0n) is 14.5. The molecule has 0 bridgehead atoms. The highest BCUT2D eigenvalue weighted by Crippen LogP contribution is 2.52. The van der Waals surface area contributed by atoms with Crippen molar-refractivity contribution < 1.29 is 4.92 Å². The predicted octanol–water partition coefficient (Wildman–Crippen LogP) is 5.54. The standard InChI is InChI=1S/C21H22N2O2/c1-13(2)14-8-5-10-16-15-9-6-11-17(15)21(22-20(14)16)18-7-3-4-12-19(18)23(24)25/h3-10,12-13,15,17,21-22H,11H2,1-2H3/t15-,17-,21+/m1/s1. The number of fused-ring (bicyclic) bond motifs is 3. The van der Waals surface area contributed by atoms with Gasteiger partial charge in [0.25, 0.3) is 5.69 Å². The molecule has 2 aromatic rings. The Bertz CT molecular complexity index is 857. The Balaban J connectivity index is 1.86. The van der Waals surface area contributed by atoms with Crippen molar-refractivity contribution in [1.29, 1.82) is 0 Å². The highest BCUT2D eigenvalue weighted by Gasteiger charge is 2.40. The van der Waals surface area contributed by atoms with Crippen LogP contribution in [0, 0.1) is 16.0 Å². The molecule has 1 heterocycles. The summed E-state index contributed by atoms with van der Waals surface area (Å²) >= 11 is 0. The van der Waals surface area contributed by atoms with Gasteiger partial charge in [0.05, 0.1) is 16.5 Å². The van der Waals surface area contributed by atoms with Crippen molar-refractivity contribution in [3.63, 3.8) is 0 Å². The number of nitrogens with one attached hydrogen (secondary N) is 1. The summed E-state index contributed by atoms with van der Waals surface area (Å²) in [6.45, 7) is 4.38. The van der Waals surface area contributed by atoms with Gasteiger partial charge in [-0.05, 0) is 29.4 Å². The van der Waals surface area contributed by atoms with Crippen molar-refractivity contribution in [2.24, 2.45) is 5.92 Å². The van der Waals surface area contributed by atoms with Gasteiger partial charge in [-0.15, -0.1) is 0 Å². The molecule has 0 amide bonds. The first-order chi connectivity index (χ1) is 12.1. The maximum atomic E-state index is 11.5. The molecule has 0 saturated heterocycles. The van der Waals surface area contributed by atoms with Crippen molar-refractivity contribution >= 4 is 11.4 Å². The number of hydrogen-bond donors (Lipinski definition) is 1. The van der Waals surface area contributed by atoms with Crippen LogP contribution in [0.3, 0.4) is 0 Å². The van der Waals surface area contributed by atoms with E-state index in [-0.39, 0.29) is 16.7 Å². The monoisotopic (exact) mass is 334 g/mol. The minimum absolute atomic E-state index is 0.0472. The lowest BCUT2D eigenvalue weighted by Crippen LogP contribution is -2.30. The van der Waals surface area contributed by atoms with Gasteiger partial charge >= 0.3 is 0 Å². The Kier molecular flexibility index (Phi) is 3.83. The van der Waals surface area contributed by atoms with Gasteiger partial charge in [-0.2, -0.15) is 0 Å². The second-order valence-corrected chi connectivity index (χ2v) is 7.26. The van der Waals surface area contributed by atoms with E-state index < -0.39 is 0 Å². The molecule has 2 aromatic carbocycles. The highest BCUT2D eigenvalue weighted by molar-refractivity contribution is 5.66. The SMILES string of the molecule is CC(C)c1cccc2c1N[C@H](c1ccccc1[N+](=O)[O-])[C@@H]1CC=C[C@H]21. The number of nitrogens with zero attached hydrogens (tertiary/aromatic N) is 1. The van der Waals surface area contributed by atoms with E-state index in [1.54, 1.807) is 12.1 Å². The largest absolute Gasteiger partial charge is 0.377 e. The molecule has 25 heavy (non-hydrogen) atoms. The third-order valence-corrected chi connectivity index (χ3v) is 5.52. The molecule has 0 saturated carbocycles. The van der Waals surface area contributed by atoms with E-state index in [1.165, 1.54) is 11.1 Å². The molecule has 4 rings (SSSR count). The van der Waals surface area contributed by atoms with Crippen molar-refractivity contribution in [3.05, 3.63) is 81.4 Å². The number of para-hydroxylation sites is 2. The predicted molar refractivity (Wildman–Crippen MR) is 100.0 cm³/mol. The van der Waals surface area contributed by atoms with Gasteiger partial charge in [0.1, 0.15) is 0 Å². The maximum Gasteiger partial charge on any atom is 0.274 e. The number of hydrogen-bond acceptors (Lipinski definition) is 3. The summed E-state index contributed by atoms with van der Waals surface area (Å²) < 4.78 is 0. The van der Waals surface area contributed by atoms with Crippen LogP contribution < -0.4 is 5.32 Å². The molecular formula is C21H22N2O2. The number of nitro groups is 1. The maximum absolute atomic E-state index is 11.5. The van der Waals surface area contributed by atoms with Crippen LogP contribution in [0.25, 0.3) is 0 Å². The summed E-state index contributed by atoms with van der Waals surface area (Å²) in [5, 5.41) is 15.2. The number of rotatable bonds is 3. The molecule has 3 atom stereocenters. The smallest absolute Gasteiger partial charge is 0.274 e. The number of allylic oxidation sites excluding steroid dienone is 2. The quantitative estimate of drug-likeness (QED) is 0.455. The Morgan fingerprint density at radius 3 is 2.64 bits per heavy atom. The van der Waals surface area contributed by atoms with Crippen LogP contribution in [0.1, 0.15) is 54.8 Å². The zero-order valence-corrected chi connectivity index (χ0v) is 14.5. The molecule has 0 unspecified atom stereocenters. The minimum atomic E-state index is -0.266. The lowest BCUT2D eigenvalue weighted by atomic mass is 9.75. The molecule has 1 aliphatic carbocycles. The number of anilines is 1. The van der Waals surface area contributed by atoms with Crippen molar-refractivity contribution in [2.45, 2.75) is 38.1 Å². The van der Waals surface area contributed by atoms with Gasteiger partial charge in [0.15, 0.2) is 0 Å². The van der Waals surface area contributed by atoms with E-state index in [0.29, 0.717) is 17.8 Å². The molecule has 0 spiro atoms. The van der Waals surface area contributed by atoms with Crippen LogP contribution in [0.15, 0.2) is 54.6 Å². The average molecular weight is 334 g/mol. The fourth-order valence-corrected chi connectivity index (χ4v) is 4.35. The van der Waals surface area contributed by atoms with Crippen molar-refractivity contribution in [3.8, 4) is 0 Å². The summed E-state index contributed by atoms with van der Waals surface area (Å²) in [4.78, 5) is 11.3. The lowest BCUT2D eigenvalue weighted by molar-refractivity contribution is -0.385. The minimum Gasteiger partial charge on any atom is -0.377 e. The van der Waals surface area contributed by atoms with Gasteiger partial charge in [0.2, 0.25) is 0 Å². The van der Waals surface area contributed by atoms with Crippen molar-refractivity contribution in [1.82, 2.24) is 0 Å². The van der Waals surface area contributed by atoms with E-state index >= 15 is 0 Å². The molecule has 4 heteroatoms. The fraction of sp³-hybridized carbons (Fsp3) is 0.333. The fourth-order valence-electron chi connectivity index (χ4n) is 4.35. The molecule has 0 aromatic heterocycles. The summed E-state index contributed by atoms with van der Waals surface area (Å²) in [6.07, 6.45) is 5.44. The Hall–Kier alpha value is -2.62. The second kappa shape index (κ2) is 6.03. The van der Waals surface area contributed by atoms with Crippen LogP contribution >= 0.6 is 0 Å². The van der Waals surface area contributed by atoms with E-state index in [2.05, 4.69) is 49.5 Å². The first-order valence-electron chi connectivity index (χ1n) is 8.87. The summed E-state index contributed by atoms with van der Waals surface area (Å²) in [6, 6.07) is 13.6. The molecule has 128 valence electrons. The number of nitro benzene ring substituents is 1. The van der Waals surface area contributed by atoms with Crippen LogP contribution in [0.5, 0.6) is 0 Å². The second-order valence-electron chi connectivity index (χ2n) is 7.26. The Labute approximate surface area is 147 Å². The summed E-state index contributed by atoms with van der Waals surface area (Å²) in [5.41, 5.74) is 4.75. The van der Waals surface area contributed by atoms with Crippen LogP contribution in [0.4, 0.5) is 11.4 Å². The molecular weight excluding hydrogens is 312 g/mol. The van der Waals surface area contributed by atoms with Gasteiger partial charge in [-0.1, -0.05) is 62.4 Å². The molecule has 2 aliphatic rings. The first-order valence-corrected chi connectivity index (χ1v) is 8.87. The summed E-state index contributed by atoms with van der Waals surface area (Å²) in [7, 11) is 0. The zero-order chi connectivity index (χ0) is 17.6. The van der Waals surface area contributed by atoms with Crippen LogP contribution in [-0.4, -0.2) is 4.92 Å². The molecule has 1 aliphatic heterocycles. The van der Waals surface area contributed by atoms with E-state index in [9.17, 15) is 10.1 Å².